The second-order valence-electron chi connectivity index (χ2n) is 13.4. The highest BCUT2D eigenvalue weighted by molar-refractivity contribution is 5.71. The Balaban J connectivity index is 3.86. The summed E-state index contributed by atoms with van der Waals surface area (Å²) in [5.41, 5.74) is 0. The lowest BCUT2D eigenvalue weighted by atomic mass is 10.0. The van der Waals surface area contributed by atoms with E-state index in [-0.39, 0.29) is 50.8 Å². The molecule has 0 aliphatic heterocycles. The molecule has 306 valence electrons. The van der Waals surface area contributed by atoms with E-state index in [9.17, 15) is 39.6 Å². The summed E-state index contributed by atoms with van der Waals surface area (Å²) in [6.45, 7) is -0.0492. The molecule has 0 aromatic carbocycles. The average Bonchev–Trinajstić information content (AvgIpc) is 3.13. The first-order chi connectivity index (χ1) is 25.1. The largest absolute Gasteiger partial charge is 0.466 e. The van der Waals surface area contributed by atoms with Crippen LogP contribution in [-0.2, 0) is 38.1 Å². The average molecular weight is 751 g/mol. The second-order valence-corrected chi connectivity index (χ2v) is 13.4. The van der Waals surface area contributed by atoms with Gasteiger partial charge in [-0.15, -0.1) is 0 Å². The molecule has 0 fully saturated rings. The lowest BCUT2D eigenvalue weighted by Gasteiger charge is -2.26. The maximum absolute atomic E-state index is 12.0. The number of hydrogen-bond donors (Lipinski definition) is 6. The summed E-state index contributed by atoms with van der Waals surface area (Å²) in [6, 6.07) is 0. The van der Waals surface area contributed by atoms with Crippen molar-refractivity contribution in [2.45, 2.75) is 179 Å². The first-order valence-corrected chi connectivity index (χ1v) is 19.7. The molecule has 0 aromatic rings. The minimum atomic E-state index is -1.89. The highest BCUT2D eigenvalue weighted by atomic mass is 16.6. The number of esters is 4. The highest BCUT2D eigenvalue weighted by Crippen LogP contribution is 2.12. The van der Waals surface area contributed by atoms with E-state index in [2.05, 4.69) is 0 Å². The zero-order valence-electron chi connectivity index (χ0n) is 31.5. The molecule has 14 nitrogen and oxygen atoms in total. The van der Waals surface area contributed by atoms with Gasteiger partial charge >= 0.3 is 23.9 Å². The van der Waals surface area contributed by atoms with Crippen molar-refractivity contribution in [2.75, 3.05) is 39.6 Å². The predicted octanol–water partition coefficient (Wildman–Crippen LogP) is 3.95. The summed E-state index contributed by atoms with van der Waals surface area (Å²) >= 11 is 0. The molecule has 0 aliphatic rings. The van der Waals surface area contributed by atoms with Crippen LogP contribution in [0.4, 0.5) is 0 Å². The van der Waals surface area contributed by atoms with E-state index in [1.807, 2.05) is 0 Å². The molecule has 52 heavy (non-hydrogen) atoms. The van der Waals surface area contributed by atoms with Crippen molar-refractivity contribution in [1.29, 1.82) is 0 Å². The molecule has 3 unspecified atom stereocenters. The molecule has 0 aromatic heterocycles. The van der Waals surface area contributed by atoms with Crippen LogP contribution in [0.1, 0.15) is 154 Å². The van der Waals surface area contributed by atoms with Crippen LogP contribution in [0.5, 0.6) is 0 Å². The smallest absolute Gasteiger partial charge is 0.305 e. The fourth-order valence-corrected chi connectivity index (χ4v) is 5.30. The maximum atomic E-state index is 12.0. The van der Waals surface area contributed by atoms with Gasteiger partial charge in [0.15, 0.2) is 0 Å². The van der Waals surface area contributed by atoms with Crippen molar-refractivity contribution in [3.63, 3.8) is 0 Å². The molecule has 0 saturated carbocycles. The number of aliphatic hydroxyl groups is 6. The van der Waals surface area contributed by atoms with Crippen LogP contribution in [0.3, 0.4) is 0 Å². The SMILES string of the molecule is O=C(CCCCC(=O)OCC(O)C(O)C(O)[C@H](O)COC(=O)CCCCC(=O)OCCCCCCCCCCO)OCCCCCCCCCCO. The van der Waals surface area contributed by atoms with E-state index in [4.69, 9.17) is 29.2 Å². The summed E-state index contributed by atoms with van der Waals surface area (Å²) in [5.74, 6) is -2.00. The van der Waals surface area contributed by atoms with E-state index < -0.39 is 49.6 Å². The van der Waals surface area contributed by atoms with Crippen molar-refractivity contribution < 1.29 is 68.8 Å². The van der Waals surface area contributed by atoms with Crippen molar-refractivity contribution in [2.24, 2.45) is 0 Å². The van der Waals surface area contributed by atoms with Crippen LogP contribution in [-0.4, -0.2) is 119 Å². The Morgan fingerprint density at radius 1 is 0.346 bits per heavy atom. The van der Waals surface area contributed by atoms with Gasteiger partial charge in [0.25, 0.3) is 0 Å². The summed E-state index contributed by atoms with van der Waals surface area (Å²) in [7, 11) is 0. The van der Waals surface area contributed by atoms with Crippen molar-refractivity contribution in [3.8, 4) is 0 Å². The van der Waals surface area contributed by atoms with Gasteiger partial charge in [-0.25, -0.2) is 0 Å². The summed E-state index contributed by atoms with van der Waals surface area (Å²) in [6.07, 6.45) is 11.0. The molecule has 0 saturated heterocycles. The molecule has 14 heteroatoms. The zero-order chi connectivity index (χ0) is 38.7. The monoisotopic (exact) mass is 750 g/mol. The summed E-state index contributed by atoms with van der Waals surface area (Å²) < 4.78 is 20.3. The number of unbranched alkanes of at least 4 members (excludes halogenated alkanes) is 16. The van der Waals surface area contributed by atoms with Crippen LogP contribution in [0.2, 0.25) is 0 Å². The molecule has 0 aliphatic carbocycles. The van der Waals surface area contributed by atoms with Gasteiger partial charge in [0, 0.05) is 38.9 Å². The molecule has 0 spiro atoms. The Labute approximate surface area is 310 Å². The van der Waals surface area contributed by atoms with Crippen molar-refractivity contribution in [1.82, 2.24) is 0 Å². The fraction of sp³-hybridized carbons (Fsp3) is 0.895. The third kappa shape index (κ3) is 31.2. The predicted molar refractivity (Wildman–Crippen MR) is 193 cm³/mol. The molecule has 0 radical (unpaired) electrons. The van der Waals surface area contributed by atoms with Gasteiger partial charge in [-0.2, -0.15) is 0 Å². The standard InChI is InChI=1S/C38H70O14/c39-25-17-9-5-1-3-7-11-19-27-49-33(43)21-13-15-23-35(45)51-29-31(41)37(47)38(48)32(42)30-52-36(46)24-16-14-22-34(44)50-28-20-12-8-4-2-6-10-18-26-40/h31-32,37-42,47-48H,1-30H2/t31-,32?,37?,38?/m1/s1. The lowest BCUT2D eigenvalue weighted by Crippen LogP contribution is -2.48. The highest BCUT2D eigenvalue weighted by Gasteiger charge is 2.32. The quantitative estimate of drug-likeness (QED) is 0.0300. The fourth-order valence-electron chi connectivity index (χ4n) is 5.30. The van der Waals surface area contributed by atoms with Crippen LogP contribution >= 0.6 is 0 Å². The van der Waals surface area contributed by atoms with E-state index >= 15 is 0 Å². The minimum Gasteiger partial charge on any atom is -0.466 e. The topological polar surface area (TPSA) is 227 Å². The van der Waals surface area contributed by atoms with E-state index in [1.54, 1.807) is 0 Å². The normalized spacial score (nSPS) is 13.6. The van der Waals surface area contributed by atoms with Gasteiger partial charge in [-0.1, -0.05) is 77.0 Å². The van der Waals surface area contributed by atoms with E-state index in [0.29, 0.717) is 38.9 Å². The first-order valence-electron chi connectivity index (χ1n) is 19.7. The molecule has 0 amide bonds. The van der Waals surface area contributed by atoms with Crippen molar-refractivity contribution in [3.05, 3.63) is 0 Å². The van der Waals surface area contributed by atoms with Gasteiger partial charge < -0.3 is 49.6 Å². The van der Waals surface area contributed by atoms with Crippen LogP contribution < -0.4 is 0 Å². The minimum absolute atomic E-state index is 0.0229. The number of carbonyl (C=O) groups is 4. The van der Waals surface area contributed by atoms with E-state index in [0.717, 1.165) is 103 Å². The third-order valence-electron chi connectivity index (χ3n) is 8.62. The first kappa shape index (κ1) is 49.6. The van der Waals surface area contributed by atoms with Crippen LogP contribution in [0.15, 0.2) is 0 Å². The molecule has 0 bridgehead atoms. The van der Waals surface area contributed by atoms with Crippen molar-refractivity contribution >= 4 is 23.9 Å². The number of carbonyl (C=O) groups excluding carboxylic acids is 4. The Hall–Kier alpha value is -2.36. The van der Waals surface area contributed by atoms with Gasteiger partial charge in [0.05, 0.1) is 13.2 Å². The Kier molecular flexibility index (Phi) is 34.0. The Morgan fingerprint density at radius 2 is 0.596 bits per heavy atom. The number of hydrogen-bond acceptors (Lipinski definition) is 14. The molecular weight excluding hydrogens is 680 g/mol. The Morgan fingerprint density at radius 3 is 0.885 bits per heavy atom. The Bertz CT molecular complexity index is 816. The number of aliphatic hydroxyl groups excluding tert-OH is 6. The summed E-state index contributed by atoms with van der Waals surface area (Å²) in [5, 5.41) is 58.1. The third-order valence-corrected chi connectivity index (χ3v) is 8.62. The van der Waals surface area contributed by atoms with Gasteiger partial charge in [0.1, 0.15) is 37.6 Å². The van der Waals surface area contributed by atoms with Gasteiger partial charge in [0.2, 0.25) is 0 Å². The number of ether oxygens (including phenoxy) is 4. The van der Waals surface area contributed by atoms with Gasteiger partial charge in [-0.05, 0) is 51.4 Å². The lowest BCUT2D eigenvalue weighted by molar-refractivity contribution is -0.162. The molecular formula is C38H70O14. The van der Waals surface area contributed by atoms with E-state index in [1.165, 1.54) is 0 Å². The molecule has 6 N–H and O–H groups in total. The summed E-state index contributed by atoms with van der Waals surface area (Å²) in [4.78, 5) is 47.7. The van der Waals surface area contributed by atoms with Crippen LogP contribution in [0.25, 0.3) is 0 Å². The maximum Gasteiger partial charge on any atom is 0.305 e. The van der Waals surface area contributed by atoms with Gasteiger partial charge in [-0.3, -0.25) is 19.2 Å². The number of rotatable bonds is 37. The molecule has 4 atom stereocenters. The molecule has 0 rings (SSSR count). The van der Waals surface area contributed by atoms with Crippen LogP contribution in [0, 0.1) is 0 Å². The molecule has 0 heterocycles. The zero-order valence-corrected chi connectivity index (χ0v) is 31.5. The second kappa shape index (κ2) is 35.7.